The first-order valence-electron chi connectivity index (χ1n) is 7.07. The van der Waals surface area contributed by atoms with Crippen molar-refractivity contribution in [2.24, 2.45) is 0 Å². The van der Waals surface area contributed by atoms with Crippen molar-refractivity contribution in [2.45, 2.75) is 13.0 Å². The molecule has 1 aromatic carbocycles. The third kappa shape index (κ3) is 4.38. The van der Waals surface area contributed by atoms with E-state index in [0.717, 1.165) is 11.1 Å². The number of amides is 1. The molecule has 1 amide bonds. The average molecular weight is 300 g/mol. The molecule has 1 unspecified atom stereocenters. The van der Waals surface area contributed by atoms with Crippen LogP contribution in [0.25, 0.3) is 11.1 Å². The fourth-order valence-electron chi connectivity index (χ4n) is 2.03. The number of hydrogen-bond donors (Lipinski definition) is 2. The minimum absolute atomic E-state index is 0.140. The van der Waals surface area contributed by atoms with Crippen LogP contribution in [0.1, 0.15) is 15.9 Å². The first-order chi connectivity index (χ1) is 10.6. The van der Waals surface area contributed by atoms with Gasteiger partial charge in [0.25, 0.3) is 5.91 Å². The van der Waals surface area contributed by atoms with Crippen molar-refractivity contribution in [1.82, 2.24) is 10.3 Å². The van der Waals surface area contributed by atoms with Gasteiger partial charge in [-0.05, 0) is 18.6 Å². The van der Waals surface area contributed by atoms with Crippen molar-refractivity contribution >= 4 is 5.91 Å². The number of hydrogen-bond acceptors (Lipinski definition) is 4. The Balaban J connectivity index is 2.07. The number of aryl methyl sites for hydroxylation is 1. The Morgan fingerprint density at radius 2 is 2.00 bits per heavy atom. The number of benzene rings is 1. The van der Waals surface area contributed by atoms with Crippen LogP contribution in [0.15, 0.2) is 42.7 Å². The van der Waals surface area contributed by atoms with Gasteiger partial charge < -0.3 is 15.2 Å². The lowest BCUT2D eigenvalue weighted by molar-refractivity contribution is 0.0609. The van der Waals surface area contributed by atoms with E-state index < -0.39 is 6.10 Å². The highest BCUT2D eigenvalue weighted by atomic mass is 16.5. The number of aliphatic hydroxyl groups is 1. The van der Waals surface area contributed by atoms with E-state index in [-0.39, 0.29) is 19.1 Å². The molecule has 5 nitrogen and oxygen atoms in total. The van der Waals surface area contributed by atoms with Gasteiger partial charge in [0.15, 0.2) is 0 Å². The molecule has 2 aromatic rings. The number of aromatic nitrogens is 1. The number of aliphatic hydroxyl groups excluding tert-OH is 1. The van der Waals surface area contributed by atoms with Gasteiger partial charge >= 0.3 is 0 Å². The molecule has 1 aromatic heterocycles. The van der Waals surface area contributed by atoms with Gasteiger partial charge in [-0.3, -0.25) is 9.78 Å². The van der Waals surface area contributed by atoms with E-state index >= 15 is 0 Å². The Bertz CT molecular complexity index is 626. The Morgan fingerprint density at radius 1 is 1.27 bits per heavy atom. The number of carbonyl (C=O) groups excluding carboxylic acids is 1. The van der Waals surface area contributed by atoms with Gasteiger partial charge in [-0.15, -0.1) is 0 Å². The number of carbonyl (C=O) groups is 1. The molecule has 0 spiro atoms. The summed E-state index contributed by atoms with van der Waals surface area (Å²) in [5, 5.41) is 12.2. The standard InChI is InChI=1S/C17H20N2O3/c1-12-3-5-13(6-4-12)14-7-15(9-18-8-14)17(21)19-10-16(20)11-22-2/h3-9,16,20H,10-11H2,1-2H3,(H,19,21). The molecule has 0 fully saturated rings. The zero-order chi connectivity index (χ0) is 15.9. The van der Waals surface area contributed by atoms with E-state index in [2.05, 4.69) is 10.3 Å². The quantitative estimate of drug-likeness (QED) is 0.853. The number of rotatable bonds is 6. The Labute approximate surface area is 130 Å². The Morgan fingerprint density at radius 3 is 2.68 bits per heavy atom. The van der Waals surface area contributed by atoms with Crippen molar-refractivity contribution in [3.05, 3.63) is 53.9 Å². The van der Waals surface area contributed by atoms with Gasteiger partial charge in [0, 0.05) is 31.6 Å². The van der Waals surface area contributed by atoms with Crippen LogP contribution in [0, 0.1) is 6.92 Å². The molecule has 5 heteroatoms. The summed E-state index contributed by atoms with van der Waals surface area (Å²) >= 11 is 0. The lowest BCUT2D eigenvalue weighted by atomic mass is 10.0. The predicted octanol–water partition coefficient (Wildman–Crippen LogP) is 1.79. The second-order valence-corrected chi connectivity index (χ2v) is 5.15. The molecule has 0 saturated carbocycles. The van der Waals surface area contributed by atoms with Gasteiger partial charge in [-0.1, -0.05) is 29.8 Å². The smallest absolute Gasteiger partial charge is 0.252 e. The van der Waals surface area contributed by atoms with E-state index in [1.54, 1.807) is 12.3 Å². The second-order valence-electron chi connectivity index (χ2n) is 5.15. The maximum Gasteiger partial charge on any atom is 0.252 e. The van der Waals surface area contributed by atoms with Crippen LogP contribution in [-0.4, -0.2) is 42.4 Å². The van der Waals surface area contributed by atoms with E-state index in [4.69, 9.17) is 4.74 Å². The summed E-state index contributed by atoms with van der Waals surface area (Å²) in [4.78, 5) is 16.2. The van der Waals surface area contributed by atoms with Crippen LogP contribution in [0.4, 0.5) is 0 Å². The van der Waals surface area contributed by atoms with Crippen molar-refractivity contribution in [1.29, 1.82) is 0 Å². The van der Waals surface area contributed by atoms with Gasteiger partial charge in [-0.2, -0.15) is 0 Å². The van der Waals surface area contributed by atoms with E-state index in [0.29, 0.717) is 5.56 Å². The van der Waals surface area contributed by atoms with Crippen LogP contribution < -0.4 is 5.32 Å². The molecular formula is C17H20N2O3. The fraction of sp³-hybridized carbons (Fsp3) is 0.294. The van der Waals surface area contributed by atoms with Crippen LogP contribution in [0.2, 0.25) is 0 Å². The minimum Gasteiger partial charge on any atom is -0.389 e. The van der Waals surface area contributed by atoms with E-state index in [1.165, 1.54) is 18.9 Å². The molecule has 116 valence electrons. The summed E-state index contributed by atoms with van der Waals surface area (Å²) in [7, 11) is 1.50. The monoisotopic (exact) mass is 300 g/mol. The van der Waals surface area contributed by atoms with Crippen molar-refractivity contribution < 1.29 is 14.6 Å². The van der Waals surface area contributed by atoms with Gasteiger partial charge in [0.05, 0.1) is 18.3 Å². The van der Waals surface area contributed by atoms with Crippen LogP contribution in [-0.2, 0) is 4.74 Å². The van der Waals surface area contributed by atoms with Crippen LogP contribution >= 0.6 is 0 Å². The summed E-state index contributed by atoms with van der Waals surface area (Å²) in [6.45, 7) is 2.35. The molecule has 2 N–H and O–H groups in total. The van der Waals surface area contributed by atoms with Crippen molar-refractivity contribution in [3.63, 3.8) is 0 Å². The van der Waals surface area contributed by atoms with Gasteiger partial charge in [0.1, 0.15) is 0 Å². The molecule has 1 heterocycles. The molecule has 0 radical (unpaired) electrons. The zero-order valence-corrected chi connectivity index (χ0v) is 12.7. The topological polar surface area (TPSA) is 71.5 Å². The third-order valence-corrected chi connectivity index (χ3v) is 3.24. The van der Waals surface area contributed by atoms with Crippen molar-refractivity contribution in [2.75, 3.05) is 20.3 Å². The summed E-state index contributed by atoms with van der Waals surface area (Å²) in [6.07, 6.45) is 2.51. The summed E-state index contributed by atoms with van der Waals surface area (Å²) in [6, 6.07) is 9.81. The molecule has 0 bridgehead atoms. The minimum atomic E-state index is -0.720. The van der Waals surface area contributed by atoms with Gasteiger partial charge in [0.2, 0.25) is 0 Å². The first kappa shape index (κ1) is 16.1. The van der Waals surface area contributed by atoms with Gasteiger partial charge in [-0.25, -0.2) is 0 Å². The molecule has 0 aliphatic heterocycles. The molecule has 2 rings (SSSR count). The maximum absolute atomic E-state index is 12.1. The number of ether oxygens (including phenoxy) is 1. The molecule has 1 atom stereocenters. The molecule has 22 heavy (non-hydrogen) atoms. The first-order valence-corrected chi connectivity index (χ1v) is 7.07. The zero-order valence-electron chi connectivity index (χ0n) is 12.7. The summed E-state index contributed by atoms with van der Waals surface area (Å²) < 4.78 is 4.81. The molecule has 0 saturated heterocycles. The second kappa shape index (κ2) is 7.68. The normalized spacial score (nSPS) is 12.0. The van der Waals surface area contributed by atoms with Crippen LogP contribution in [0.5, 0.6) is 0 Å². The molecule has 0 aliphatic rings. The fourth-order valence-corrected chi connectivity index (χ4v) is 2.03. The number of pyridine rings is 1. The third-order valence-electron chi connectivity index (χ3n) is 3.24. The predicted molar refractivity (Wildman–Crippen MR) is 84.6 cm³/mol. The summed E-state index contributed by atoms with van der Waals surface area (Å²) in [5.74, 6) is -0.267. The lowest BCUT2D eigenvalue weighted by Gasteiger charge is -2.11. The molecule has 0 aliphatic carbocycles. The Kier molecular flexibility index (Phi) is 5.63. The molecular weight excluding hydrogens is 280 g/mol. The van der Waals surface area contributed by atoms with E-state index in [9.17, 15) is 9.90 Å². The largest absolute Gasteiger partial charge is 0.389 e. The number of methoxy groups -OCH3 is 1. The number of nitrogens with one attached hydrogen (secondary N) is 1. The number of nitrogens with zero attached hydrogens (tertiary/aromatic N) is 1. The van der Waals surface area contributed by atoms with E-state index in [1.807, 2.05) is 31.2 Å². The highest BCUT2D eigenvalue weighted by Crippen LogP contribution is 2.19. The average Bonchev–Trinajstić information content (AvgIpc) is 2.54. The van der Waals surface area contributed by atoms with Crippen LogP contribution in [0.3, 0.4) is 0 Å². The summed E-state index contributed by atoms with van der Waals surface area (Å²) in [5.41, 5.74) is 3.53. The Hall–Kier alpha value is -2.24. The lowest BCUT2D eigenvalue weighted by Crippen LogP contribution is -2.34. The highest BCUT2D eigenvalue weighted by molar-refractivity contribution is 5.95. The van der Waals surface area contributed by atoms with Crippen molar-refractivity contribution in [3.8, 4) is 11.1 Å². The maximum atomic E-state index is 12.1. The highest BCUT2D eigenvalue weighted by Gasteiger charge is 2.10. The SMILES string of the molecule is COCC(O)CNC(=O)c1cncc(-c2ccc(C)cc2)c1.